The number of fused-ring (bicyclic) bond motifs is 2. The third-order valence-electron chi connectivity index (χ3n) is 9.70. The van der Waals surface area contributed by atoms with Crippen molar-refractivity contribution in [2.24, 2.45) is 39.9 Å². The Hall–Kier alpha value is -1.06. The molecule has 6 fully saturated rings. The van der Waals surface area contributed by atoms with Crippen LogP contribution in [0.5, 0.6) is 0 Å². The number of esters is 1. The zero-order valence-electron chi connectivity index (χ0n) is 18.7. The molecule has 2 aliphatic heterocycles. The monoisotopic (exact) mass is 438 g/mol. The summed E-state index contributed by atoms with van der Waals surface area (Å²) in [7, 11) is 1.51. The Kier molecular flexibility index (Phi) is 4.57. The fraction of sp³-hybridized carbons (Fsp3) is 0.913. The van der Waals surface area contributed by atoms with Gasteiger partial charge in [-0.2, -0.15) is 0 Å². The van der Waals surface area contributed by atoms with Crippen molar-refractivity contribution in [3.8, 4) is 0 Å². The summed E-state index contributed by atoms with van der Waals surface area (Å²) >= 11 is 0. The van der Waals surface area contributed by atoms with E-state index in [1.54, 1.807) is 0 Å². The van der Waals surface area contributed by atoms with Crippen LogP contribution in [-0.4, -0.2) is 71.5 Å². The molecule has 4 bridgehead atoms. The van der Waals surface area contributed by atoms with Gasteiger partial charge in [-0.15, -0.1) is 0 Å². The minimum absolute atomic E-state index is 0.0820. The molecule has 2 heterocycles. The van der Waals surface area contributed by atoms with Gasteiger partial charge in [-0.3, -0.25) is 9.59 Å². The molecule has 2 saturated heterocycles. The summed E-state index contributed by atoms with van der Waals surface area (Å²) < 4.78 is 17.1. The molecule has 0 aromatic rings. The molecule has 4 saturated carbocycles. The van der Waals surface area contributed by atoms with Crippen LogP contribution in [0.1, 0.15) is 46.5 Å². The van der Waals surface area contributed by atoms with Crippen molar-refractivity contribution < 1.29 is 39.1 Å². The van der Waals surface area contributed by atoms with Crippen LogP contribution in [0.3, 0.4) is 0 Å². The number of aliphatic hydroxyl groups is 3. The van der Waals surface area contributed by atoms with Gasteiger partial charge in [0.2, 0.25) is 5.79 Å². The van der Waals surface area contributed by atoms with Crippen LogP contribution in [0.2, 0.25) is 0 Å². The molecule has 10 atom stereocenters. The number of hydrogen-bond acceptors (Lipinski definition) is 8. The van der Waals surface area contributed by atoms with E-state index < -0.39 is 58.7 Å². The van der Waals surface area contributed by atoms with E-state index in [1.807, 2.05) is 0 Å². The van der Waals surface area contributed by atoms with Crippen LogP contribution < -0.4 is 0 Å². The first-order valence-electron chi connectivity index (χ1n) is 11.4. The second-order valence-electron chi connectivity index (χ2n) is 11.2. The first kappa shape index (κ1) is 21.8. The topological polar surface area (TPSA) is 123 Å². The Bertz CT molecular complexity index is 811. The van der Waals surface area contributed by atoms with Crippen molar-refractivity contribution in [3.05, 3.63) is 0 Å². The lowest BCUT2D eigenvalue weighted by Crippen LogP contribution is -2.85. The number of ether oxygens (including phenoxy) is 3. The lowest BCUT2D eigenvalue weighted by Gasteiger charge is -2.74. The van der Waals surface area contributed by atoms with E-state index in [2.05, 4.69) is 13.8 Å². The Labute approximate surface area is 182 Å². The first-order chi connectivity index (χ1) is 14.5. The molecular weight excluding hydrogens is 404 g/mol. The summed E-state index contributed by atoms with van der Waals surface area (Å²) in [4.78, 5) is 26.0. The van der Waals surface area contributed by atoms with E-state index in [1.165, 1.54) is 14.0 Å². The molecule has 8 heteroatoms. The number of carbonyl (C=O) groups excluding carboxylic acids is 2. The van der Waals surface area contributed by atoms with Crippen LogP contribution >= 0.6 is 0 Å². The maximum Gasteiger partial charge on any atom is 0.302 e. The molecule has 0 aromatic carbocycles. The van der Waals surface area contributed by atoms with Crippen molar-refractivity contribution in [2.45, 2.75) is 70.6 Å². The smallest absolute Gasteiger partial charge is 0.302 e. The average molecular weight is 439 g/mol. The van der Waals surface area contributed by atoms with E-state index in [9.17, 15) is 24.9 Å². The van der Waals surface area contributed by atoms with Gasteiger partial charge in [0.05, 0.1) is 19.3 Å². The third kappa shape index (κ3) is 2.24. The van der Waals surface area contributed by atoms with E-state index in [-0.39, 0.29) is 30.3 Å². The molecular formula is C23H34O8. The largest absolute Gasteiger partial charge is 0.462 e. The molecule has 0 radical (unpaired) electrons. The standard InChI is InChI=1S/C23H34O8/c1-11(24)31-15-7-8-20(2,3)16-19(27)23(28)22-14(21(15,16)10-30-23)6-5-12(17(22)25)13(9-29-4)18(22)26/h12-17,19,25,27-28H,5-10H2,1-4H3/t12-,13+,14-,15-,16+,17+,19-,21+,22+,23+/m0/s1. The molecule has 174 valence electrons. The van der Waals surface area contributed by atoms with Crippen LogP contribution in [-0.2, 0) is 23.8 Å². The van der Waals surface area contributed by atoms with Gasteiger partial charge in [0.15, 0.2) is 5.78 Å². The lowest BCUT2D eigenvalue weighted by atomic mass is 9.35. The summed E-state index contributed by atoms with van der Waals surface area (Å²) in [5, 5.41) is 35.1. The zero-order chi connectivity index (χ0) is 22.6. The van der Waals surface area contributed by atoms with Gasteiger partial charge in [0.25, 0.3) is 0 Å². The second-order valence-corrected chi connectivity index (χ2v) is 11.2. The zero-order valence-corrected chi connectivity index (χ0v) is 18.7. The molecule has 6 aliphatic rings. The van der Waals surface area contributed by atoms with Gasteiger partial charge < -0.3 is 29.5 Å². The highest BCUT2D eigenvalue weighted by Gasteiger charge is 2.87. The Morgan fingerprint density at radius 2 is 1.90 bits per heavy atom. The predicted molar refractivity (Wildman–Crippen MR) is 106 cm³/mol. The molecule has 6 rings (SSSR count). The fourth-order valence-corrected chi connectivity index (χ4v) is 8.82. The predicted octanol–water partition coefficient (Wildman–Crippen LogP) is 0.653. The number of rotatable bonds is 3. The summed E-state index contributed by atoms with van der Waals surface area (Å²) in [6.07, 6.45) is -0.598. The highest BCUT2D eigenvalue weighted by molar-refractivity contribution is 5.93. The van der Waals surface area contributed by atoms with Crippen molar-refractivity contribution in [1.29, 1.82) is 0 Å². The van der Waals surface area contributed by atoms with Gasteiger partial charge in [0.1, 0.15) is 17.6 Å². The number of carbonyl (C=O) groups is 2. The van der Waals surface area contributed by atoms with Crippen LogP contribution in [0.25, 0.3) is 0 Å². The van der Waals surface area contributed by atoms with Crippen molar-refractivity contribution in [2.75, 3.05) is 20.3 Å². The summed E-state index contributed by atoms with van der Waals surface area (Å²) in [5.74, 6) is -4.72. The van der Waals surface area contributed by atoms with Crippen LogP contribution in [0.15, 0.2) is 0 Å². The molecule has 0 aromatic heterocycles. The fourth-order valence-electron chi connectivity index (χ4n) is 8.82. The molecule has 0 unspecified atom stereocenters. The highest BCUT2D eigenvalue weighted by Crippen LogP contribution is 2.76. The van der Waals surface area contributed by atoms with Crippen molar-refractivity contribution in [1.82, 2.24) is 0 Å². The number of hydrogen-bond donors (Lipinski definition) is 3. The number of Topliss-reactive ketones (excluding diaryl/α,β-unsaturated/α-hetero) is 1. The molecule has 31 heavy (non-hydrogen) atoms. The van der Waals surface area contributed by atoms with Gasteiger partial charge in [-0.05, 0) is 42.9 Å². The third-order valence-corrected chi connectivity index (χ3v) is 9.70. The highest BCUT2D eigenvalue weighted by atomic mass is 16.6. The maximum absolute atomic E-state index is 13.9. The minimum atomic E-state index is -2.18. The number of aliphatic hydroxyl groups excluding tert-OH is 2. The normalized spacial score (nSPS) is 54.3. The lowest BCUT2D eigenvalue weighted by molar-refractivity contribution is -0.458. The van der Waals surface area contributed by atoms with Crippen LogP contribution in [0, 0.1) is 39.9 Å². The van der Waals surface area contributed by atoms with E-state index in [4.69, 9.17) is 14.2 Å². The summed E-state index contributed by atoms with van der Waals surface area (Å²) in [6, 6.07) is 0. The molecule has 8 nitrogen and oxygen atoms in total. The van der Waals surface area contributed by atoms with Crippen LogP contribution in [0.4, 0.5) is 0 Å². The summed E-state index contributed by atoms with van der Waals surface area (Å²) in [6.45, 7) is 5.70. The molecule has 0 amide bonds. The Morgan fingerprint density at radius 3 is 2.55 bits per heavy atom. The molecule has 2 spiro atoms. The number of ketones is 1. The molecule has 4 aliphatic carbocycles. The van der Waals surface area contributed by atoms with Gasteiger partial charge in [-0.1, -0.05) is 13.8 Å². The van der Waals surface area contributed by atoms with Gasteiger partial charge in [-0.25, -0.2) is 0 Å². The van der Waals surface area contributed by atoms with Crippen molar-refractivity contribution in [3.63, 3.8) is 0 Å². The average Bonchev–Trinajstić information content (AvgIpc) is 2.81. The van der Waals surface area contributed by atoms with E-state index >= 15 is 0 Å². The molecule has 3 N–H and O–H groups in total. The summed E-state index contributed by atoms with van der Waals surface area (Å²) in [5.41, 5.74) is -2.88. The Morgan fingerprint density at radius 1 is 1.19 bits per heavy atom. The number of methoxy groups -OCH3 is 1. The quantitative estimate of drug-likeness (QED) is 0.549. The second kappa shape index (κ2) is 6.50. The first-order valence-corrected chi connectivity index (χ1v) is 11.4. The SMILES string of the molecule is COC[C@H]1C(=O)[C@]23[C@H](O)[C@H]1CC[C@H]2[C@@]12CO[C@]3(O)[C@@H](O)[C@@H]1C(C)(C)CC[C@@H]2OC(C)=O. The van der Waals surface area contributed by atoms with Crippen molar-refractivity contribution >= 4 is 11.8 Å². The Balaban J connectivity index is 1.74. The maximum atomic E-state index is 13.9. The van der Waals surface area contributed by atoms with E-state index in [0.29, 0.717) is 25.7 Å². The minimum Gasteiger partial charge on any atom is -0.462 e. The van der Waals surface area contributed by atoms with Gasteiger partial charge in [0, 0.05) is 31.3 Å². The van der Waals surface area contributed by atoms with Gasteiger partial charge >= 0.3 is 5.97 Å². The van der Waals surface area contributed by atoms with E-state index in [0.717, 1.165) is 0 Å².